The highest BCUT2D eigenvalue weighted by Gasteiger charge is 2.21. The molecule has 0 aliphatic carbocycles. The number of primary amides is 1. The summed E-state index contributed by atoms with van der Waals surface area (Å²) in [5.74, 6) is -1.78. The summed E-state index contributed by atoms with van der Waals surface area (Å²) < 4.78 is 4.01. The van der Waals surface area contributed by atoms with Crippen molar-refractivity contribution >= 4 is 11.9 Å². The summed E-state index contributed by atoms with van der Waals surface area (Å²) in [5, 5.41) is 9.62. The lowest BCUT2D eigenvalue weighted by Gasteiger charge is -2.19. The van der Waals surface area contributed by atoms with E-state index in [1.165, 1.54) is 0 Å². The number of rotatable bonds is 8. The predicted molar refractivity (Wildman–Crippen MR) is 127 cm³/mol. The Morgan fingerprint density at radius 3 is 2.42 bits per heavy atom. The first-order chi connectivity index (χ1) is 15.9. The Morgan fingerprint density at radius 2 is 1.85 bits per heavy atom. The molecule has 168 valence electrons. The summed E-state index contributed by atoms with van der Waals surface area (Å²) in [4.78, 5) is 27.5. The van der Waals surface area contributed by atoms with E-state index in [2.05, 4.69) is 9.55 Å². The predicted octanol–water partition coefficient (Wildman–Crippen LogP) is 4.39. The van der Waals surface area contributed by atoms with Crippen LogP contribution < -0.4 is 5.73 Å². The Bertz CT molecular complexity index is 1290. The monoisotopic (exact) mass is 442 g/mol. The molecule has 1 unspecified atom stereocenters. The van der Waals surface area contributed by atoms with Crippen LogP contribution in [-0.4, -0.2) is 31.1 Å². The fourth-order valence-electron chi connectivity index (χ4n) is 4.08. The zero-order valence-electron chi connectivity index (χ0n) is 18.6. The molecule has 0 fully saturated rings. The quantitative estimate of drug-likeness (QED) is 0.422. The van der Waals surface area contributed by atoms with E-state index in [-0.39, 0.29) is 0 Å². The number of carboxylic acids is 1. The van der Waals surface area contributed by atoms with Crippen LogP contribution in [0.4, 0.5) is 0 Å². The van der Waals surface area contributed by atoms with Crippen molar-refractivity contribution in [3.05, 3.63) is 90.1 Å². The van der Waals surface area contributed by atoms with Gasteiger partial charge in [-0.1, -0.05) is 19.1 Å². The number of aliphatic carboxylic acids is 1. The molecule has 7 nitrogen and oxygen atoms in total. The number of nitrogens with zero attached hydrogens (tertiary/aromatic N) is 3. The number of carboxylic acid groups (broad SMARTS) is 1. The molecule has 0 saturated heterocycles. The first kappa shape index (κ1) is 22.1. The molecule has 0 radical (unpaired) electrons. The average Bonchev–Trinajstić information content (AvgIpc) is 3.47. The van der Waals surface area contributed by atoms with Crippen molar-refractivity contribution in [2.24, 2.45) is 11.7 Å². The van der Waals surface area contributed by atoms with Crippen molar-refractivity contribution in [3.63, 3.8) is 0 Å². The molecular weight excluding hydrogens is 416 g/mol. The molecule has 1 atom stereocenters. The van der Waals surface area contributed by atoms with Gasteiger partial charge < -0.3 is 20.0 Å². The molecule has 4 aromatic rings. The number of amides is 1. The molecule has 0 bridgehead atoms. The molecule has 0 saturated carbocycles. The first-order valence-corrected chi connectivity index (χ1v) is 10.8. The lowest BCUT2D eigenvalue weighted by molar-refractivity contribution is -0.141. The molecular formula is C26H26N4O3. The number of aromatic nitrogens is 3. The van der Waals surface area contributed by atoms with E-state index in [4.69, 9.17) is 5.73 Å². The lowest BCUT2D eigenvalue weighted by Crippen LogP contribution is -2.18. The number of carbonyl (C=O) groups excluding carboxylic acids is 1. The van der Waals surface area contributed by atoms with Gasteiger partial charge in [0.25, 0.3) is 0 Å². The molecule has 4 rings (SSSR count). The van der Waals surface area contributed by atoms with Crippen LogP contribution in [0.2, 0.25) is 0 Å². The van der Waals surface area contributed by atoms with Crippen molar-refractivity contribution in [2.45, 2.75) is 26.7 Å². The number of benzene rings is 2. The number of aryl methyl sites for hydroxylation is 1. The maximum absolute atomic E-state index is 11.7. The summed E-state index contributed by atoms with van der Waals surface area (Å²) in [6.07, 6.45) is 6.30. The molecule has 2 aromatic carbocycles. The first-order valence-electron chi connectivity index (χ1n) is 10.8. The van der Waals surface area contributed by atoms with Crippen LogP contribution in [0.3, 0.4) is 0 Å². The van der Waals surface area contributed by atoms with Crippen molar-refractivity contribution < 1.29 is 14.7 Å². The van der Waals surface area contributed by atoms with Crippen LogP contribution >= 0.6 is 0 Å². The largest absolute Gasteiger partial charge is 0.481 e. The van der Waals surface area contributed by atoms with E-state index in [0.717, 1.165) is 33.9 Å². The van der Waals surface area contributed by atoms with Gasteiger partial charge >= 0.3 is 5.97 Å². The topological polar surface area (TPSA) is 103 Å². The Kier molecular flexibility index (Phi) is 6.13. The van der Waals surface area contributed by atoms with Gasteiger partial charge in [-0.3, -0.25) is 9.59 Å². The maximum Gasteiger partial charge on any atom is 0.306 e. The number of hydrogen-bond acceptors (Lipinski definition) is 3. The number of hydrogen-bond donors (Lipinski definition) is 2. The van der Waals surface area contributed by atoms with E-state index in [9.17, 15) is 14.7 Å². The van der Waals surface area contributed by atoms with Gasteiger partial charge in [0.2, 0.25) is 5.91 Å². The SMILES string of the molecule is CCC(Cc1ccc(-c2ccc(-n3ccnc3)cc2)n1-c1ccc(C(N)=O)cc1C)C(=O)O. The summed E-state index contributed by atoms with van der Waals surface area (Å²) in [6.45, 7) is 3.81. The van der Waals surface area contributed by atoms with Gasteiger partial charge in [-0.15, -0.1) is 0 Å². The summed E-state index contributed by atoms with van der Waals surface area (Å²) in [5.41, 5.74) is 11.5. The minimum atomic E-state index is -0.808. The van der Waals surface area contributed by atoms with Gasteiger partial charge in [0, 0.05) is 41.4 Å². The van der Waals surface area contributed by atoms with Gasteiger partial charge in [0.1, 0.15) is 0 Å². The Labute approximate surface area is 192 Å². The van der Waals surface area contributed by atoms with Gasteiger partial charge in [-0.2, -0.15) is 0 Å². The van der Waals surface area contributed by atoms with Crippen LogP contribution in [0.15, 0.2) is 73.3 Å². The Morgan fingerprint density at radius 1 is 1.09 bits per heavy atom. The minimum absolute atomic E-state index is 0.399. The van der Waals surface area contributed by atoms with E-state index in [1.54, 1.807) is 24.7 Å². The third-order valence-electron chi connectivity index (χ3n) is 5.95. The summed E-state index contributed by atoms with van der Waals surface area (Å²) >= 11 is 0. The number of imidazole rings is 1. The average molecular weight is 443 g/mol. The lowest BCUT2D eigenvalue weighted by atomic mass is 10.0. The molecule has 0 spiro atoms. The van der Waals surface area contributed by atoms with Crippen LogP contribution in [0.25, 0.3) is 22.6 Å². The summed E-state index contributed by atoms with van der Waals surface area (Å²) in [7, 11) is 0. The summed E-state index contributed by atoms with van der Waals surface area (Å²) in [6, 6.07) is 17.4. The highest BCUT2D eigenvalue weighted by atomic mass is 16.4. The third kappa shape index (κ3) is 4.43. The normalized spacial score (nSPS) is 11.9. The second-order valence-corrected chi connectivity index (χ2v) is 8.08. The molecule has 2 aromatic heterocycles. The third-order valence-corrected chi connectivity index (χ3v) is 5.95. The van der Waals surface area contributed by atoms with Crippen molar-refractivity contribution in [1.82, 2.24) is 14.1 Å². The van der Waals surface area contributed by atoms with E-state index >= 15 is 0 Å². The zero-order valence-corrected chi connectivity index (χ0v) is 18.6. The van der Waals surface area contributed by atoms with Gasteiger partial charge in [-0.05, 0) is 66.9 Å². The van der Waals surface area contributed by atoms with Crippen molar-refractivity contribution in [3.8, 4) is 22.6 Å². The molecule has 3 N–H and O–H groups in total. The Balaban J connectivity index is 1.82. The molecule has 2 heterocycles. The fourth-order valence-corrected chi connectivity index (χ4v) is 4.08. The highest BCUT2D eigenvalue weighted by Crippen LogP contribution is 2.31. The molecule has 0 aliphatic rings. The Hall–Kier alpha value is -4.13. The van der Waals surface area contributed by atoms with Crippen LogP contribution in [0.1, 0.15) is 35.0 Å². The van der Waals surface area contributed by atoms with E-state index < -0.39 is 17.8 Å². The molecule has 33 heavy (non-hydrogen) atoms. The maximum atomic E-state index is 11.7. The van der Waals surface area contributed by atoms with Gasteiger partial charge in [-0.25, -0.2) is 4.98 Å². The van der Waals surface area contributed by atoms with Gasteiger partial charge in [0.05, 0.1) is 17.9 Å². The van der Waals surface area contributed by atoms with Gasteiger partial charge in [0.15, 0.2) is 0 Å². The standard InChI is InChI=1S/C26H26N4O3/c1-3-18(26(32)33)15-22-9-11-24(19-4-7-21(8-5-19)29-13-12-28-16-29)30(22)23-10-6-20(25(27)31)14-17(23)2/h4-14,16,18H,3,15H2,1-2H3,(H2,27,31)(H,32,33). The smallest absolute Gasteiger partial charge is 0.306 e. The second kappa shape index (κ2) is 9.16. The fraction of sp³-hybridized carbons (Fsp3) is 0.192. The van der Waals surface area contributed by atoms with Crippen molar-refractivity contribution in [1.29, 1.82) is 0 Å². The second-order valence-electron chi connectivity index (χ2n) is 8.08. The highest BCUT2D eigenvalue weighted by molar-refractivity contribution is 5.93. The molecule has 1 amide bonds. The molecule has 7 heteroatoms. The minimum Gasteiger partial charge on any atom is -0.481 e. The van der Waals surface area contributed by atoms with Crippen LogP contribution in [0, 0.1) is 12.8 Å². The van der Waals surface area contributed by atoms with E-state index in [1.807, 2.05) is 67.1 Å². The number of nitrogens with two attached hydrogens (primary N) is 1. The van der Waals surface area contributed by atoms with Crippen LogP contribution in [0.5, 0.6) is 0 Å². The van der Waals surface area contributed by atoms with E-state index in [0.29, 0.717) is 18.4 Å². The van der Waals surface area contributed by atoms with Crippen LogP contribution in [-0.2, 0) is 11.2 Å². The van der Waals surface area contributed by atoms with Crippen molar-refractivity contribution in [2.75, 3.05) is 0 Å². The number of carbonyl (C=O) groups is 2. The molecule has 0 aliphatic heterocycles. The zero-order chi connectivity index (χ0) is 23.5.